The molecule has 12 heteroatoms. The minimum absolute atomic E-state index is 0.0421. The standard InChI is InChI=1S/C18H32N6O5S/c19-24-21-6-8-28-10-12-29-11-9-27-7-5-20-16(25)4-2-1-3-15-17-14(13-30-15)22-18(26)23-17/h14-15,17H,1-13H2,(H,20,25)(H2,22,23,26)/t14-,15-,17+/m0/s1. The van der Waals surface area contributed by atoms with Gasteiger partial charge in [0.1, 0.15) is 0 Å². The second-order valence-electron chi connectivity index (χ2n) is 7.01. The average molecular weight is 445 g/mol. The highest BCUT2D eigenvalue weighted by atomic mass is 32.2. The van der Waals surface area contributed by atoms with Crippen molar-refractivity contribution in [2.45, 2.75) is 43.0 Å². The molecule has 0 unspecified atom stereocenters. The summed E-state index contributed by atoms with van der Waals surface area (Å²) in [7, 11) is 0. The van der Waals surface area contributed by atoms with Crippen LogP contribution in [0.1, 0.15) is 25.7 Å². The molecular formula is C18H32N6O5S. The monoisotopic (exact) mass is 444 g/mol. The average Bonchev–Trinajstić information content (AvgIpc) is 3.28. The Morgan fingerprint density at radius 3 is 2.63 bits per heavy atom. The number of carbonyl (C=O) groups excluding carboxylic acids is 2. The maximum Gasteiger partial charge on any atom is 0.315 e. The second kappa shape index (κ2) is 15.1. The minimum atomic E-state index is -0.0589. The molecule has 2 rings (SSSR count). The van der Waals surface area contributed by atoms with Crippen molar-refractivity contribution in [2.24, 2.45) is 5.11 Å². The predicted molar refractivity (Wildman–Crippen MR) is 113 cm³/mol. The van der Waals surface area contributed by atoms with Crippen LogP contribution in [-0.4, -0.2) is 87.8 Å². The van der Waals surface area contributed by atoms with Crippen molar-refractivity contribution in [1.29, 1.82) is 0 Å². The molecule has 11 nitrogen and oxygen atoms in total. The lowest BCUT2D eigenvalue weighted by atomic mass is 10.0. The molecule has 0 saturated carbocycles. The Morgan fingerprint density at radius 1 is 1.13 bits per heavy atom. The molecule has 0 aromatic heterocycles. The first-order chi connectivity index (χ1) is 14.7. The number of thioether (sulfide) groups is 1. The highest BCUT2D eigenvalue weighted by Crippen LogP contribution is 2.33. The summed E-state index contributed by atoms with van der Waals surface area (Å²) in [4.78, 5) is 25.9. The summed E-state index contributed by atoms with van der Waals surface area (Å²) in [6.45, 7) is 3.48. The third-order valence-electron chi connectivity index (χ3n) is 4.79. The molecule has 0 aliphatic carbocycles. The van der Waals surface area contributed by atoms with E-state index in [9.17, 15) is 9.59 Å². The third kappa shape index (κ3) is 9.86. The van der Waals surface area contributed by atoms with Crippen LogP contribution in [-0.2, 0) is 19.0 Å². The molecule has 0 radical (unpaired) electrons. The van der Waals surface area contributed by atoms with E-state index in [0.717, 1.165) is 25.0 Å². The molecule has 170 valence electrons. The molecule has 2 aliphatic rings. The van der Waals surface area contributed by atoms with Gasteiger partial charge in [-0.05, 0) is 18.4 Å². The van der Waals surface area contributed by atoms with Crippen LogP contribution in [0.25, 0.3) is 10.4 Å². The Labute approximate surface area is 181 Å². The maximum absolute atomic E-state index is 11.9. The van der Waals surface area contributed by atoms with Crippen molar-refractivity contribution in [3.63, 3.8) is 0 Å². The second-order valence-corrected chi connectivity index (χ2v) is 8.28. The Morgan fingerprint density at radius 2 is 1.87 bits per heavy atom. The quantitative estimate of drug-likeness (QED) is 0.101. The smallest absolute Gasteiger partial charge is 0.315 e. The molecule has 3 atom stereocenters. The summed E-state index contributed by atoms with van der Waals surface area (Å²) in [6.07, 6.45) is 3.36. The topological polar surface area (TPSA) is 147 Å². The van der Waals surface area contributed by atoms with Crippen molar-refractivity contribution < 1.29 is 23.8 Å². The van der Waals surface area contributed by atoms with E-state index in [-0.39, 0.29) is 24.0 Å². The normalized spacial score (nSPS) is 22.1. The van der Waals surface area contributed by atoms with E-state index in [1.165, 1.54) is 0 Å². The molecule has 3 N–H and O–H groups in total. The van der Waals surface area contributed by atoms with Crippen LogP contribution in [0.4, 0.5) is 4.79 Å². The van der Waals surface area contributed by atoms with Crippen molar-refractivity contribution in [2.75, 3.05) is 58.5 Å². The summed E-state index contributed by atoms with van der Waals surface area (Å²) >= 11 is 1.90. The molecule has 0 bridgehead atoms. The number of hydrogen-bond donors (Lipinski definition) is 3. The molecule has 0 aromatic rings. The zero-order chi connectivity index (χ0) is 21.4. The van der Waals surface area contributed by atoms with Crippen molar-refractivity contribution in [1.82, 2.24) is 16.0 Å². The van der Waals surface area contributed by atoms with Gasteiger partial charge in [-0.25, -0.2) is 4.79 Å². The van der Waals surface area contributed by atoms with Gasteiger partial charge in [-0.2, -0.15) is 11.8 Å². The number of urea groups is 1. The molecule has 2 fully saturated rings. The Balaban J connectivity index is 1.32. The number of nitrogens with one attached hydrogen (secondary N) is 3. The van der Waals surface area contributed by atoms with Crippen molar-refractivity contribution in [3.05, 3.63) is 10.4 Å². The predicted octanol–water partition coefficient (Wildman–Crippen LogP) is 1.19. The zero-order valence-corrected chi connectivity index (χ0v) is 18.0. The summed E-state index contributed by atoms with van der Waals surface area (Å²) in [6, 6.07) is 0.426. The Kier molecular flexibility index (Phi) is 12.4. The number of azide groups is 1. The first-order valence-electron chi connectivity index (χ1n) is 10.4. The number of hydrogen-bond acceptors (Lipinski definition) is 7. The highest BCUT2D eigenvalue weighted by molar-refractivity contribution is 8.00. The van der Waals surface area contributed by atoms with Gasteiger partial charge in [0.25, 0.3) is 0 Å². The van der Waals surface area contributed by atoms with E-state index >= 15 is 0 Å². The van der Waals surface area contributed by atoms with Crippen LogP contribution in [0.15, 0.2) is 5.11 Å². The highest BCUT2D eigenvalue weighted by Gasteiger charge is 2.42. The number of unbranched alkanes of at least 4 members (excludes halogenated alkanes) is 1. The van der Waals surface area contributed by atoms with Crippen LogP contribution < -0.4 is 16.0 Å². The van der Waals surface area contributed by atoms with Crippen molar-refractivity contribution in [3.8, 4) is 0 Å². The number of carbonyl (C=O) groups is 2. The maximum atomic E-state index is 11.9. The molecule has 0 spiro atoms. The fourth-order valence-corrected chi connectivity index (χ4v) is 4.86. The van der Waals surface area contributed by atoms with Gasteiger partial charge in [-0.15, -0.1) is 0 Å². The molecular weight excluding hydrogens is 412 g/mol. The lowest BCUT2D eigenvalue weighted by molar-refractivity contribution is -0.121. The Hall–Kier alpha value is -1.72. The zero-order valence-electron chi connectivity index (χ0n) is 17.2. The summed E-state index contributed by atoms with van der Waals surface area (Å²) in [5, 5.41) is 12.6. The van der Waals surface area contributed by atoms with Crippen LogP contribution in [0.2, 0.25) is 0 Å². The summed E-state index contributed by atoms with van der Waals surface area (Å²) in [5.74, 6) is 1.01. The van der Waals surface area contributed by atoms with E-state index in [1.807, 2.05) is 11.8 Å². The van der Waals surface area contributed by atoms with Gasteiger partial charge in [0.15, 0.2) is 0 Å². The molecule has 2 heterocycles. The van der Waals surface area contributed by atoms with Gasteiger partial charge < -0.3 is 30.2 Å². The first-order valence-corrected chi connectivity index (χ1v) is 11.4. The van der Waals surface area contributed by atoms with Gasteiger partial charge in [0.2, 0.25) is 5.91 Å². The van der Waals surface area contributed by atoms with Gasteiger partial charge in [0, 0.05) is 35.4 Å². The molecule has 2 saturated heterocycles. The summed E-state index contributed by atoms with van der Waals surface area (Å²) < 4.78 is 15.9. The fraction of sp³-hybridized carbons (Fsp3) is 0.889. The lowest BCUT2D eigenvalue weighted by Crippen LogP contribution is -2.36. The van der Waals surface area contributed by atoms with Crippen molar-refractivity contribution >= 4 is 23.7 Å². The number of ether oxygens (including phenoxy) is 3. The molecule has 2 aliphatic heterocycles. The van der Waals surface area contributed by atoms with Crippen LogP contribution in [0, 0.1) is 0 Å². The van der Waals surface area contributed by atoms with Gasteiger partial charge in [0.05, 0.1) is 51.7 Å². The SMILES string of the molecule is [N-]=[N+]=NCCOCCOCCOCCNC(=O)CCCC[C@@H]1SC[C@@H]2NC(=O)N[C@H]21. The van der Waals surface area contributed by atoms with E-state index < -0.39 is 0 Å². The molecule has 3 amide bonds. The molecule has 30 heavy (non-hydrogen) atoms. The van der Waals surface area contributed by atoms with E-state index in [2.05, 4.69) is 26.0 Å². The lowest BCUT2D eigenvalue weighted by Gasteiger charge is -2.16. The number of nitrogens with zero attached hydrogens (tertiary/aromatic N) is 3. The van der Waals surface area contributed by atoms with Gasteiger partial charge in [-0.1, -0.05) is 11.5 Å². The largest absolute Gasteiger partial charge is 0.379 e. The number of amides is 3. The number of rotatable bonds is 17. The third-order valence-corrected chi connectivity index (χ3v) is 6.30. The summed E-state index contributed by atoms with van der Waals surface area (Å²) in [5.41, 5.74) is 8.10. The molecule has 0 aromatic carbocycles. The van der Waals surface area contributed by atoms with Gasteiger partial charge >= 0.3 is 6.03 Å². The van der Waals surface area contributed by atoms with Crippen LogP contribution in [0.3, 0.4) is 0 Å². The number of fused-ring (bicyclic) bond motifs is 1. The Bertz CT molecular complexity index is 577. The minimum Gasteiger partial charge on any atom is -0.379 e. The van der Waals surface area contributed by atoms with E-state index in [4.69, 9.17) is 19.7 Å². The van der Waals surface area contributed by atoms with Crippen LogP contribution in [0.5, 0.6) is 0 Å². The van der Waals surface area contributed by atoms with Gasteiger partial charge in [-0.3, -0.25) is 4.79 Å². The fourth-order valence-electron chi connectivity index (χ4n) is 3.32. The van der Waals surface area contributed by atoms with E-state index in [1.54, 1.807) is 0 Å². The van der Waals surface area contributed by atoms with E-state index in [0.29, 0.717) is 64.4 Å². The van der Waals surface area contributed by atoms with Crippen LogP contribution >= 0.6 is 11.8 Å². The first kappa shape index (κ1) is 24.5.